The number of carbonyl (C=O) groups is 1. The summed E-state index contributed by atoms with van der Waals surface area (Å²) in [6.45, 7) is 6.32. The van der Waals surface area contributed by atoms with E-state index >= 15 is 0 Å². The summed E-state index contributed by atoms with van der Waals surface area (Å²) in [5.41, 5.74) is 0. The lowest BCUT2D eigenvalue weighted by Gasteiger charge is -2.34. The monoisotopic (exact) mass is 247 g/mol. The first kappa shape index (κ1) is 13.4. The van der Waals surface area contributed by atoms with Gasteiger partial charge in [0, 0.05) is 38.9 Å². The number of amides is 1. The Bertz CT molecular complexity index is 343. The Kier molecular flexibility index (Phi) is 4.32. The van der Waals surface area contributed by atoms with Crippen LogP contribution in [0.1, 0.15) is 20.3 Å². The second kappa shape index (κ2) is 5.14. The van der Waals surface area contributed by atoms with Crippen LogP contribution in [0, 0.1) is 10.7 Å². The molecule has 1 amide bonds. The molecule has 1 aliphatic heterocycles. The summed E-state index contributed by atoms with van der Waals surface area (Å²) in [6.07, 6.45) is 2.00. The highest BCUT2D eigenvalue weighted by Crippen LogP contribution is 2.10. The van der Waals surface area contributed by atoms with Gasteiger partial charge in [0.25, 0.3) is 0 Å². The molecule has 1 aliphatic rings. The van der Waals surface area contributed by atoms with E-state index < -0.39 is 9.92 Å². The molecule has 94 valence electrons. The van der Waals surface area contributed by atoms with Crippen LogP contribution in [0.3, 0.4) is 0 Å². The van der Waals surface area contributed by atoms with E-state index in [0.29, 0.717) is 38.5 Å². The number of carbonyl (C=O) groups excluding carboxylic acids is 1. The molecule has 0 aliphatic carbocycles. The maximum absolute atomic E-state index is 11.8. The van der Waals surface area contributed by atoms with E-state index in [4.69, 9.17) is 4.78 Å². The highest BCUT2D eigenvalue weighted by molar-refractivity contribution is 7.89. The van der Waals surface area contributed by atoms with Crippen LogP contribution < -0.4 is 0 Å². The summed E-state index contributed by atoms with van der Waals surface area (Å²) in [5.74, 6) is 0.541. The lowest BCUT2D eigenvalue weighted by atomic mass is 10.1. The summed E-state index contributed by atoms with van der Waals surface area (Å²) in [5, 5.41) is 0. The SMILES string of the molecule is CC(C)CC(=O)N1CCN(S(C)(=N)=O)CC1. The van der Waals surface area contributed by atoms with Gasteiger partial charge in [-0.25, -0.2) is 13.3 Å². The van der Waals surface area contributed by atoms with Gasteiger partial charge in [0.15, 0.2) is 0 Å². The number of nitrogens with one attached hydrogen (secondary N) is 1. The van der Waals surface area contributed by atoms with Crippen molar-refractivity contribution in [3.63, 3.8) is 0 Å². The van der Waals surface area contributed by atoms with Crippen LogP contribution >= 0.6 is 0 Å². The number of hydrogen-bond donors (Lipinski definition) is 1. The average molecular weight is 247 g/mol. The molecule has 1 fully saturated rings. The third kappa shape index (κ3) is 3.75. The first-order chi connectivity index (χ1) is 7.30. The molecule has 0 aromatic rings. The Balaban J connectivity index is 2.46. The van der Waals surface area contributed by atoms with Crippen LogP contribution in [-0.2, 0) is 14.7 Å². The third-order valence-electron chi connectivity index (χ3n) is 2.67. The molecule has 0 bridgehead atoms. The van der Waals surface area contributed by atoms with Crippen LogP contribution in [-0.4, -0.2) is 51.8 Å². The Morgan fingerprint density at radius 1 is 1.31 bits per heavy atom. The normalized spacial score (nSPS) is 22.1. The Morgan fingerprint density at radius 3 is 2.19 bits per heavy atom. The van der Waals surface area contributed by atoms with E-state index in [1.54, 1.807) is 4.31 Å². The fourth-order valence-corrected chi connectivity index (χ4v) is 2.62. The molecule has 1 N–H and O–H groups in total. The third-order valence-corrected chi connectivity index (χ3v) is 4.02. The van der Waals surface area contributed by atoms with Gasteiger partial charge in [-0.1, -0.05) is 13.8 Å². The van der Waals surface area contributed by atoms with Gasteiger partial charge in [-0.15, -0.1) is 0 Å². The minimum absolute atomic E-state index is 0.169. The molecule has 16 heavy (non-hydrogen) atoms. The standard InChI is InChI=1S/C10H21N3O2S/c1-9(2)8-10(14)12-4-6-13(7-5-12)16(3,11)15/h9,11H,4-8H2,1-3H3. The van der Waals surface area contributed by atoms with E-state index in [1.165, 1.54) is 6.26 Å². The van der Waals surface area contributed by atoms with Crippen molar-refractivity contribution < 1.29 is 9.00 Å². The van der Waals surface area contributed by atoms with Crippen molar-refractivity contribution in [2.45, 2.75) is 20.3 Å². The van der Waals surface area contributed by atoms with E-state index in [0.717, 1.165) is 0 Å². The van der Waals surface area contributed by atoms with Gasteiger partial charge in [0.05, 0.1) is 0 Å². The molecule has 1 saturated heterocycles. The number of rotatable bonds is 3. The highest BCUT2D eigenvalue weighted by Gasteiger charge is 2.24. The Labute approximate surface area is 97.9 Å². The zero-order valence-electron chi connectivity index (χ0n) is 10.2. The molecular formula is C10H21N3O2S. The predicted octanol–water partition coefficient (Wildman–Crippen LogP) is 0.768. The molecule has 1 rings (SSSR count). The first-order valence-corrected chi connectivity index (χ1v) is 7.49. The lowest BCUT2D eigenvalue weighted by Crippen LogP contribution is -2.50. The fourth-order valence-electron chi connectivity index (χ4n) is 1.76. The van der Waals surface area contributed by atoms with E-state index in [2.05, 4.69) is 0 Å². The summed E-state index contributed by atoms with van der Waals surface area (Å²) in [4.78, 5) is 13.6. The predicted molar refractivity (Wildman–Crippen MR) is 64.4 cm³/mol. The average Bonchev–Trinajstić information content (AvgIpc) is 2.15. The summed E-state index contributed by atoms with van der Waals surface area (Å²) >= 11 is 0. The Hall–Kier alpha value is -0.620. The number of hydrogen-bond acceptors (Lipinski definition) is 3. The van der Waals surface area contributed by atoms with Crippen molar-refractivity contribution in [3.05, 3.63) is 0 Å². The van der Waals surface area contributed by atoms with Crippen LogP contribution in [0.4, 0.5) is 0 Å². The van der Waals surface area contributed by atoms with Gasteiger partial charge < -0.3 is 4.90 Å². The van der Waals surface area contributed by atoms with Crippen molar-refractivity contribution in [2.24, 2.45) is 5.92 Å². The second-order valence-electron chi connectivity index (χ2n) is 4.71. The minimum Gasteiger partial charge on any atom is -0.340 e. The van der Waals surface area contributed by atoms with E-state index in [9.17, 15) is 9.00 Å². The maximum atomic E-state index is 11.8. The molecule has 0 radical (unpaired) electrons. The Morgan fingerprint density at radius 2 is 1.81 bits per heavy atom. The van der Waals surface area contributed by atoms with Crippen LogP contribution in [0.25, 0.3) is 0 Å². The van der Waals surface area contributed by atoms with Gasteiger partial charge >= 0.3 is 0 Å². The van der Waals surface area contributed by atoms with Gasteiger partial charge in [-0.3, -0.25) is 4.79 Å². The molecular weight excluding hydrogens is 226 g/mol. The lowest BCUT2D eigenvalue weighted by molar-refractivity contribution is -0.133. The van der Waals surface area contributed by atoms with Crippen molar-refractivity contribution in [1.29, 1.82) is 4.78 Å². The molecule has 5 nitrogen and oxygen atoms in total. The molecule has 1 atom stereocenters. The molecule has 0 saturated carbocycles. The van der Waals surface area contributed by atoms with Gasteiger partial charge in [-0.2, -0.15) is 0 Å². The van der Waals surface area contributed by atoms with Crippen molar-refractivity contribution in [1.82, 2.24) is 9.21 Å². The van der Waals surface area contributed by atoms with E-state index in [1.807, 2.05) is 18.7 Å². The number of piperazine rings is 1. The second-order valence-corrected chi connectivity index (χ2v) is 6.83. The molecule has 0 aromatic carbocycles. The largest absolute Gasteiger partial charge is 0.340 e. The molecule has 6 heteroatoms. The minimum atomic E-state index is -2.60. The summed E-state index contributed by atoms with van der Waals surface area (Å²) in [7, 11) is -2.60. The zero-order valence-corrected chi connectivity index (χ0v) is 11.0. The number of nitrogens with zero attached hydrogens (tertiary/aromatic N) is 2. The van der Waals surface area contributed by atoms with Crippen LogP contribution in [0.2, 0.25) is 0 Å². The molecule has 0 spiro atoms. The van der Waals surface area contributed by atoms with E-state index in [-0.39, 0.29) is 5.91 Å². The first-order valence-electron chi connectivity index (χ1n) is 5.57. The summed E-state index contributed by atoms with van der Waals surface area (Å²) < 4.78 is 20.6. The van der Waals surface area contributed by atoms with Gasteiger partial charge in [-0.05, 0) is 5.92 Å². The van der Waals surface area contributed by atoms with Crippen molar-refractivity contribution in [3.8, 4) is 0 Å². The molecule has 1 unspecified atom stereocenters. The fraction of sp³-hybridized carbons (Fsp3) is 0.900. The van der Waals surface area contributed by atoms with Crippen LogP contribution in [0.15, 0.2) is 0 Å². The topological polar surface area (TPSA) is 64.5 Å². The highest BCUT2D eigenvalue weighted by atomic mass is 32.2. The zero-order chi connectivity index (χ0) is 12.3. The maximum Gasteiger partial charge on any atom is 0.222 e. The smallest absolute Gasteiger partial charge is 0.222 e. The van der Waals surface area contributed by atoms with Crippen molar-refractivity contribution >= 4 is 15.8 Å². The van der Waals surface area contributed by atoms with Crippen molar-refractivity contribution in [2.75, 3.05) is 32.4 Å². The van der Waals surface area contributed by atoms with Crippen LogP contribution in [0.5, 0.6) is 0 Å². The molecule has 0 aromatic heterocycles. The molecule has 1 heterocycles. The van der Waals surface area contributed by atoms with Gasteiger partial charge in [0.1, 0.15) is 9.92 Å². The summed E-state index contributed by atoms with van der Waals surface area (Å²) in [6, 6.07) is 0. The quantitative estimate of drug-likeness (QED) is 0.800. The van der Waals surface area contributed by atoms with Gasteiger partial charge in [0.2, 0.25) is 5.91 Å².